The van der Waals surface area contributed by atoms with Gasteiger partial charge in [0.1, 0.15) is 17.6 Å². The second-order valence-corrected chi connectivity index (χ2v) is 4.98. The van der Waals surface area contributed by atoms with E-state index in [9.17, 15) is 15.3 Å². The predicted octanol–water partition coefficient (Wildman–Crippen LogP) is 0.484. The van der Waals surface area contributed by atoms with E-state index in [0.717, 1.165) is 10.5 Å². The number of hydrogen-bond donors (Lipinski definition) is 3. The summed E-state index contributed by atoms with van der Waals surface area (Å²) in [4.78, 5) is 0.927. The molecule has 2 rings (SSSR count). The summed E-state index contributed by atoms with van der Waals surface area (Å²) in [7, 11) is 0. The highest BCUT2D eigenvalue weighted by molar-refractivity contribution is 7.99. The predicted molar refractivity (Wildman–Crippen MR) is 59.9 cm³/mol. The van der Waals surface area contributed by atoms with Crippen molar-refractivity contribution in [1.82, 2.24) is 0 Å². The van der Waals surface area contributed by atoms with Crippen LogP contribution in [0.5, 0.6) is 0 Å². The minimum Gasteiger partial charge on any atom is -0.387 e. The van der Waals surface area contributed by atoms with Crippen LogP contribution in [-0.2, 0) is 4.74 Å². The second kappa shape index (κ2) is 4.73. The van der Waals surface area contributed by atoms with E-state index >= 15 is 0 Å². The first-order valence-electron chi connectivity index (χ1n) is 5.01. The molecule has 0 spiro atoms. The third-order valence-electron chi connectivity index (χ3n) is 2.47. The zero-order valence-corrected chi connectivity index (χ0v) is 9.59. The Morgan fingerprint density at radius 2 is 1.69 bits per heavy atom. The third kappa shape index (κ3) is 2.39. The Labute approximate surface area is 97.9 Å². The molecule has 0 bridgehead atoms. The zero-order chi connectivity index (χ0) is 11.7. The fraction of sp³-hybridized carbons (Fsp3) is 0.455. The van der Waals surface area contributed by atoms with Crippen LogP contribution in [0.15, 0.2) is 29.2 Å². The molecule has 1 aromatic carbocycles. The van der Waals surface area contributed by atoms with Crippen LogP contribution in [0.4, 0.5) is 0 Å². The molecule has 88 valence electrons. The smallest absolute Gasteiger partial charge is 0.185 e. The van der Waals surface area contributed by atoms with Gasteiger partial charge in [-0.3, -0.25) is 0 Å². The highest BCUT2D eigenvalue weighted by atomic mass is 32.2. The van der Waals surface area contributed by atoms with Gasteiger partial charge in [-0.2, -0.15) is 0 Å². The lowest BCUT2D eigenvalue weighted by Crippen LogP contribution is -2.31. The Kier molecular flexibility index (Phi) is 3.51. The number of benzene rings is 1. The largest absolute Gasteiger partial charge is 0.387 e. The Morgan fingerprint density at radius 3 is 2.19 bits per heavy atom. The van der Waals surface area contributed by atoms with E-state index in [0.29, 0.717) is 0 Å². The van der Waals surface area contributed by atoms with E-state index in [1.54, 1.807) is 0 Å². The van der Waals surface area contributed by atoms with Gasteiger partial charge >= 0.3 is 0 Å². The third-order valence-corrected chi connectivity index (χ3v) is 3.63. The van der Waals surface area contributed by atoms with Crippen molar-refractivity contribution in [2.45, 2.75) is 35.8 Å². The Hall–Kier alpha value is -0.590. The molecule has 0 aromatic heterocycles. The molecule has 1 heterocycles. The Bertz CT molecular complexity index is 354. The summed E-state index contributed by atoms with van der Waals surface area (Å²) in [5, 5.41) is 28.1. The van der Waals surface area contributed by atoms with Gasteiger partial charge in [0.25, 0.3) is 0 Å². The van der Waals surface area contributed by atoms with E-state index in [-0.39, 0.29) is 0 Å². The first-order valence-corrected chi connectivity index (χ1v) is 5.89. The van der Waals surface area contributed by atoms with Crippen LogP contribution < -0.4 is 0 Å². The summed E-state index contributed by atoms with van der Waals surface area (Å²) in [5.74, 6) is 0. The molecule has 1 fully saturated rings. The SMILES string of the molecule is Cc1ccc(SC2OC(O)C(O)C2O)cc1. The van der Waals surface area contributed by atoms with E-state index < -0.39 is 23.9 Å². The molecule has 4 nitrogen and oxygen atoms in total. The molecule has 0 amide bonds. The van der Waals surface area contributed by atoms with Crippen molar-refractivity contribution in [3.05, 3.63) is 29.8 Å². The topological polar surface area (TPSA) is 69.9 Å². The van der Waals surface area contributed by atoms with Gasteiger partial charge in [-0.1, -0.05) is 29.5 Å². The van der Waals surface area contributed by atoms with Crippen LogP contribution in [0.25, 0.3) is 0 Å². The molecular weight excluding hydrogens is 228 g/mol. The maximum absolute atomic E-state index is 9.59. The fourth-order valence-electron chi connectivity index (χ4n) is 1.48. The fourth-order valence-corrected chi connectivity index (χ4v) is 2.51. The standard InChI is InChI=1S/C11H14O4S/c1-6-2-4-7(5-3-6)16-11-9(13)8(12)10(14)15-11/h2-5,8-14H,1H3. The highest BCUT2D eigenvalue weighted by Gasteiger charge is 2.42. The van der Waals surface area contributed by atoms with Gasteiger partial charge < -0.3 is 20.1 Å². The van der Waals surface area contributed by atoms with Gasteiger partial charge in [0, 0.05) is 4.90 Å². The number of aliphatic hydroxyl groups is 3. The maximum Gasteiger partial charge on any atom is 0.185 e. The lowest BCUT2D eigenvalue weighted by atomic mass is 10.2. The zero-order valence-electron chi connectivity index (χ0n) is 8.78. The maximum atomic E-state index is 9.59. The number of rotatable bonds is 2. The molecule has 3 N–H and O–H groups in total. The summed E-state index contributed by atoms with van der Waals surface area (Å²) in [5.41, 5.74) is 0.519. The second-order valence-electron chi connectivity index (χ2n) is 3.81. The summed E-state index contributed by atoms with van der Waals surface area (Å²) in [6.07, 6.45) is -3.61. The van der Waals surface area contributed by atoms with Gasteiger partial charge in [-0.15, -0.1) is 0 Å². The van der Waals surface area contributed by atoms with E-state index in [4.69, 9.17) is 4.74 Å². The molecule has 0 aliphatic carbocycles. The number of ether oxygens (including phenoxy) is 1. The lowest BCUT2D eigenvalue weighted by molar-refractivity contribution is -0.115. The molecule has 16 heavy (non-hydrogen) atoms. The van der Waals surface area contributed by atoms with E-state index in [2.05, 4.69) is 0 Å². The van der Waals surface area contributed by atoms with Crippen molar-refractivity contribution in [3.63, 3.8) is 0 Å². The molecule has 4 unspecified atom stereocenters. The van der Waals surface area contributed by atoms with Gasteiger partial charge in [0.05, 0.1) is 0 Å². The van der Waals surface area contributed by atoms with Crippen LogP contribution in [0.1, 0.15) is 5.56 Å². The van der Waals surface area contributed by atoms with Gasteiger partial charge in [0.2, 0.25) is 0 Å². The number of aliphatic hydroxyl groups excluding tert-OH is 3. The van der Waals surface area contributed by atoms with E-state index in [1.807, 2.05) is 31.2 Å². The average molecular weight is 242 g/mol. The molecular formula is C11H14O4S. The molecule has 5 heteroatoms. The number of thioether (sulfide) groups is 1. The van der Waals surface area contributed by atoms with Crippen LogP contribution in [0, 0.1) is 6.92 Å². The molecule has 0 radical (unpaired) electrons. The first kappa shape index (κ1) is 11.9. The minimum atomic E-state index is -1.31. The Morgan fingerprint density at radius 1 is 1.06 bits per heavy atom. The average Bonchev–Trinajstić information content (AvgIpc) is 2.50. The molecule has 4 atom stereocenters. The van der Waals surface area contributed by atoms with Crippen LogP contribution >= 0.6 is 11.8 Å². The molecule has 0 saturated carbocycles. The van der Waals surface area contributed by atoms with Crippen LogP contribution in [0.3, 0.4) is 0 Å². The highest BCUT2D eigenvalue weighted by Crippen LogP contribution is 2.33. The van der Waals surface area contributed by atoms with Crippen LogP contribution in [-0.4, -0.2) is 39.3 Å². The normalized spacial score (nSPS) is 34.2. The summed E-state index contributed by atoms with van der Waals surface area (Å²) in [6.45, 7) is 1.99. The van der Waals surface area contributed by atoms with Crippen molar-refractivity contribution in [1.29, 1.82) is 0 Å². The monoisotopic (exact) mass is 242 g/mol. The van der Waals surface area contributed by atoms with E-state index in [1.165, 1.54) is 11.8 Å². The molecule has 1 aliphatic heterocycles. The summed E-state index contributed by atoms with van der Waals surface area (Å²) >= 11 is 1.28. The molecule has 1 saturated heterocycles. The van der Waals surface area contributed by atoms with Crippen molar-refractivity contribution in [3.8, 4) is 0 Å². The lowest BCUT2D eigenvalue weighted by Gasteiger charge is -2.13. The quantitative estimate of drug-likeness (QED) is 0.704. The molecule has 1 aliphatic rings. The van der Waals surface area contributed by atoms with Crippen molar-refractivity contribution < 1.29 is 20.1 Å². The number of hydrogen-bond acceptors (Lipinski definition) is 5. The van der Waals surface area contributed by atoms with Crippen molar-refractivity contribution in [2.24, 2.45) is 0 Å². The van der Waals surface area contributed by atoms with Crippen LogP contribution in [0.2, 0.25) is 0 Å². The van der Waals surface area contributed by atoms with Gasteiger partial charge in [-0.05, 0) is 19.1 Å². The summed E-state index contributed by atoms with van der Waals surface area (Å²) < 4.78 is 5.04. The van der Waals surface area contributed by atoms with Crippen molar-refractivity contribution in [2.75, 3.05) is 0 Å². The minimum absolute atomic E-state index is 0.632. The Balaban J connectivity index is 2.03. The summed E-state index contributed by atoms with van der Waals surface area (Å²) in [6, 6.07) is 7.73. The first-order chi connectivity index (χ1) is 7.58. The van der Waals surface area contributed by atoms with Gasteiger partial charge in [0.15, 0.2) is 6.29 Å². The van der Waals surface area contributed by atoms with Gasteiger partial charge in [-0.25, -0.2) is 0 Å². The number of aryl methyl sites for hydroxylation is 1. The molecule has 1 aromatic rings. The van der Waals surface area contributed by atoms with Crippen molar-refractivity contribution >= 4 is 11.8 Å².